The number of oxime groups is 1. The fourth-order valence-electron chi connectivity index (χ4n) is 4.24. The van der Waals surface area contributed by atoms with Crippen LogP contribution in [0.4, 0.5) is 9.93 Å². The number of carbonyl (C=O) groups is 4. The van der Waals surface area contributed by atoms with Gasteiger partial charge in [-0.05, 0) is 19.1 Å². The van der Waals surface area contributed by atoms with Crippen molar-refractivity contribution in [2.24, 2.45) is 5.16 Å². The number of thioether (sulfide) groups is 3. The topological polar surface area (TPSA) is 266 Å². The van der Waals surface area contributed by atoms with Gasteiger partial charge in [-0.3, -0.25) is 19.5 Å². The number of nitrogen functional groups attached to an aromatic ring is 1. The Kier molecular flexibility index (Phi) is 10.7. The van der Waals surface area contributed by atoms with Gasteiger partial charge in [-0.2, -0.15) is 21.1 Å². The van der Waals surface area contributed by atoms with E-state index in [1.54, 1.807) is 18.3 Å². The van der Waals surface area contributed by atoms with Gasteiger partial charge in [-0.15, -0.1) is 11.8 Å². The molecule has 6 N–H and O–H groups in total. The number of nitrogens with one attached hydrogen (secondary N) is 2. The van der Waals surface area contributed by atoms with E-state index in [-0.39, 0.29) is 47.1 Å². The summed E-state index contributed by atoms with van der Waals surface area (Å²) in [5, 5.41) is 26.7. The highest BCUT2D eigenvalue weighted by Crippen LogP contribution is 2.45. The molecule has 2 aliphatic rings. The van der Waals surface area contributed by atoms with Crippen LogP contribution in [-0.4, -0.2) is 88.6 Å². The summed E-state index contributed by atoms with van der Waals surface area (Å²) >= 11 is 4.71. The van der Waals surface area contributed by atoms with Gasteiger partial charge in [-0.25, -0.2) is 14.4 Å². The standard InChI is InChI=1S/C25H24N8O10S4/c1-10-12(43-25(39)42-10)7-41-24(38)28-5-6-44-8-11-13(3-2-4-27-11)46-14-9-45-21-16(20(35)33(21)17(14)22(36)37)29-19(34)15(31-40)18-30-23(26)47-32-18/h2-4,16,21,40H,5-9H2,1H3,(H,28,38)(H,29,34)(H,36,37)(H2,26,30,32)/b31-15-. The number of nitrogens with two attached hydrogens (primary N) is 1. The Labute approximate surface area is 280 Å². The number of pyridine rings is 1. The SMILES string of the molecule is Cc1oc(=O)oc1COC(=O)NCCSCc1ncccc1SC1=C(C(=O)O)N2C(=O)C(NC(=O)/C(=N\O)c3nsc(N)n3)C2SC1. The van der Waals surface area contributed by atoms with Crippen molar-refractivity contribution in [3.05, 3.63) is 62.6 Å². The average Bonchev–Trinajstić information content (AvgIpc) is 3.62. The maximum atomic E-state index is 13.1. The summed E-state index contributed by atoms with van der Waals surface area (Å²) < 4.78 is 18.3. The lowest BCUT2D eigenvalue weighted by atomic mass is 10.0. The molecule has 0 aliphatic carbocycles. The monoisotopic (exact) mass is 724 g/mol. The fraction of sp³-hybridized carbons (Fsp3) is 0.320. The molecular weight excluding hydrogens is 701 g/mol. The van der Waals surface area contributed by atoms with Crippen LogP contribution < -0.4 is 22.2 Å². The number of fused-ring (bicyclic) bond motifs is 1. The summed E-state index contributed by atoms with van der Waals surface area (Å²) in [4.78, 5) is 71.7. The number of hydrogen-bond donors (Lipinski definition) is 5. The van der Waals surface area contributed by atoms with E-state index >= 15 is 0 Å². The lowest BCUT2D eigenvalue weighted by molar-refractivity contribution is -0.150. The van der Waals surface area contributed by atoms with Crippen LogP contribution in [0, 0.1) is 6.92 Å². The Morgan fingerprint density at radius 1 is 1.30 bits per heavy atom. The second-order valence-electron chi connectivity index (χ2n) is 9.38. The van der Waals surface area contributed by atoms with Crippen molar-refractivity contribution in [1.82, 2.24) is 29.9 Å². The zero-order valence-electron chi connectivity index (χ0n) is 24.0. The molecule has 0 spiro atoms. The van der Waals surface area contributed by atoms with E-state index < -0.39 is 46.8 Å². The van der Waals surface area contributed by atoms with Crippen LogP contribution in [0.3, 0.4) is 0 Å². The number of nitrogens with zero attached hydrogens (tertiary/aromatic N) is 5. The Morgan fingerprint density at radius 2 is 2.11 bits per heavy atom. The Bertz CT molecular complexity index is 1820. The predicted molar refractivity (Wildman–Crippen MR) is 169 cm³/mol. The van der Waals surface area contributed by atoms with Crippen molar-refractivity contribution < 1.29 is 43.1 Å². The van der Waals surface area contributed by atoms with E-state index in [4.69, 9.17) is 19.3 Å². The van der Waals surface area contributed by atoms with Crippen LogP contribution in [0.25, 0.3) is 0 Å². The van der Waals surface area contributed by atoms with Crippen LogP contribution in [-0.2, 0) is 31.5 Å². The fourth-order valence-corrected chi connectivity index (χ4v) is 8.15. The summed E-state index contributed by atoms with van der Waals surface area (Å²) in [6, 6.07) is 2.43. The van der Waals surface area contributed by atoms with Gasteiger partial charge in [0.15, 0.2) is 23.3 Å². The van der Waals surface area contributed by atoms with Crippen LogP contribution in [0.5, 0.6) is 0 Å². The largest absolute Gasteiger partial charge is 0.519 e. The van der Waals surface area contributed by atoms with Gasteiger partial charge in [0, 0.05) is 51.3 Å². The molecule has 3 aromatic heterocycles. The van der Waals surface area contributed by atoms with E-state index in [0.29, 0.717) is 27.0 Å². The number of aliphatic carboxylic acids is 1. The number of carboxylic acids is 1. The summed E-state index contributed by atoms with van der Waals surface area (Å²) in [7, 11) is 0. The van der Waals surface area contributed by atoms with E-state index in [1.807, 2.05) is 0 Å². The van der Waals surface area contributed by atoms with E-state index in [9.17, 15) is 34.3 Å². The first-order valence-corrected chi connectivity index (χ1v) is 17.1. The number of β-lactam (4-membered cyclic amide) rings is 1. The molecule has 0 saturated carbocycles. The molecule has 248 valence electrons. The average molecular weight is 725 g/mol. The number of aromatic nitrogens is 3. The third kappa shape index (κ3) is 7.72. The smallest absolute Gasteiger partial charge is 0.477 e. The van der Waals surface area contributed by atoms with Crippen molar-refractivity contribution in [3.63, 3.8) is 0 Å². The maximum absolute atomic E-state index is 13.1. The normalized spacial score (nSPS) is 17.6. The molecule has 3 amide bonds. The van der Waals surface area contributed by atoms with E-state index in [0.717, 1.165) is 16.4 Å². The minimum atomic E-state index is -1.31. The maximum Gasteiger partial charge on any atom is 0.519 e. The molecule has 0 aromatic carbocycles. The van der Waals surface area contributed by atoms with Crippen LogP contribution >= 0.6 is 46.8 Å². The van der Waals surface area contributed by atoms with Gasteiger partial charge in [0.25, 0.3) is 11.8 Å². The third-order valence-electron chi connectivity index (χ3n) is 6.40. The predicted octanol–water partition coefficient (Wildman–Crippen LogP) is 1.20. The first-order chi connectivity index (χ1) is 22.6. The van der Waals surface area contributed by atoms with Gasteiger partial charge in [0.2, 0.25) is 11.5 Å². The van der Waals surface area contributed by atoms with Crippen LogP contribution in [0.2, 0.25) is 0 Å². The number of carbonyl (C=O) groups excluding carboxylic acids is 3. The molecular formula is C25H24N8O10S4. The second kappa shape index (κ2) is 14.9. The number of alkyl carbamates (subject to hydrolysis) is 1. The summed E-state index contributed by atoms with van der Waals surface area (Å²) in [5.74, 6) is -2.45. The van der Waals surface area contributed by atoms with Crippen molar-refractivity contribution in [2.75, 3.05) is 23.8 Å². The molecule has 2 aliphatic heterocycles. The number of anilines is 1. The number of hydrogen-bond acceptors (Lipinski definition) is 18. The molecule has 1 saturated heterocycles. The third-order valence-corrected chi connectivity index (χ3v) is 10.5. The van der Waals surface area contributed by atoms with Gasteiger partial charge in [0.05, 0.1) is 5.69 Å². The molecule has 3 aromatic rings. The quantitative estimate of drug-likeness (QED) is 0.0545. The summed E-state index contributed by atoms with van der Waals surface area (Å²) in [5.41, 5.74) is 5.47. The summed E-state index contributed by atoms with van der Waals surface area (Å²) in [6.45, 7) is 1.53. The first-order valence-electron chi connectivity index (χ1n) is 13.3. The molecule has 22 heteroatoms. The molecule has 2 unspecified atom stereocenters. The number of rotatable bonds is 13. The number of ether oxygens (including phenoxy) is 1. The lowest BCUT2D eigenvalue weighted by Gasteiger charge is -2.49. The first kappa shape index (κ1) is 33.8. The lowest BCUT2D eigenvalue weighted by Crippen LogP contribution is -2.71. The Balaban J connectivity index is 1.16. The molecule has 47 heavy (non-hydrogen) atoms. The van der Waals surface area contributed by atoms with Crippen molar-refractivity contribution >= 4 is 81.5 Å². The highest BCUT2D eigenvalue weighted by molar-refractivity contribution is 8.06. The minimum Gasteiger partial charge on any atom is -0.477 e. The minimum absolute atomic E-state index is 0.0466. The van der Waals surface area contributed by atoms with Crippen LogP contribution in [0.15, 0.2) is 52.6 Å². The van der Waals surface area contributed by atoms with Crippen molar-refractivity contribution in [2.45, 2.75) is 35.6 Å². The molecule has 5 heterocycles. The zero-order valence-corrected chi connectivity index (χ0v) is 27.3. The van der Waals surface area contributed by atoms with Crippen molar-refractivity contribution in [1.29, 1.82) is 0 Å². The molecule has 18 nitrogen and oxygen atoms in total. The van der Waals surface area contributed by atoms with Gasteiger partial charge in [-0.1, -0.05) is 16.9 Å². The van der Waals surface area contributed by atoms with Gasteiger partial charge >= 0.3 is 17.9 Å². The molecule has 5 rings (SSSR count). The van der Waals surface area contributed by atoms with Gasteiger partial charge in [0.1, 0.15) is 17.1 Å². The second-order valence-corrected chi connectivity index (χ2v) is 13.5. The number of aryl methyl sites for hydroxylation is 1. The summed E-state index contributed by atoms with van der Waals surface area (Å²) in [6.07, 6.45) is 0.908. The highest BCUT2D eigenvalue weighted by atomic mass is 32.2. The highest BCUT2D eigenvalue weighted by Gasteiger charge is 2.54. The molecule has 0 radical (unpaired) electrons. The molecule has 1 fully saturated rings. The Hall–Kier alpha value is -4.54. The molecule has 2 atom stereocenters. The number of amides is 3. The van der Waals surface area contributed by atoms with Crippen LogP contribution in [0.1, 0.15) is 23.0 Å². The number of carboxylic acid groups (broad SMARTS) is 1. The van der Waals surface area contributed by atoms with Crippen molar-refractivity contribution in [3.8, 4) is 0 Å². The van der Waals surface area contributed by atoms with E-state index in [2.05, 4.69) is 30.1 Å². The molecule has 0 bridgehead atoms. The van der Waals surface area contributed by atoms with E-state index in [1.165, 1.54) is 42.2 Å². The van der Waals surface area contributed by atoms with Gasteiger partial charge < -0.3 is 40.3 Å². The zero-order chi connectivity index (χ0) is 33.7. The Morgan fingerprint density at radius 3 is 2.79 bits per heavy atom.